The third-order valence-corrected chi connectivity index (χ3v) is 7.99. The third-order valence-electron chi connectivity index (χ3n) is 6.20. The number of rotatable bonds is 8. The standard InChI is InChI=1S/C25H32N4O3S/c1-5-20-6-8-23(9-7-20)29(14-18(2)3)33(31,32)24-10-11-25-22(12-24)13-26-28(25)17-21-15-27(16-21)19(4)30/h6-13,18,21H,5,14-17H2,1-4H3. The minimum atomic E-state index is -3.73. The van der Waals surface area contributed by atoms with Crippen LogP contribution in [0.15, 0.2) is 53.6 Å². The maximum Gasteiger partial charge on any atom is 0.264 e. The van der Waals surface area contributed by atoms with Crippen molar-refractivity contribution in [2.24, 2.45) is 11.8 Å². The summed E-state index contributed by atoms with van der Waals surface area (Å²) in [5.41, 5.74) is 2.75. The molecule has 0 N–H and O–H groups in total. The molecule has 0 aliphatic carbocycles. The number of amides is 1. The van der Waals surface area contributed by atoms with Gasteiger partial charge in [-0.15, -0.1) is 0 Å². The minimum Gasteiger partial charge on any atom is -0.342 e. The van der Waals surface area contributed by atoms with E-state index in [1.807, 2.05) is 53.8 Å². The first kappa shape index (κ1) is 23.3. The Morgan fingerprint density at radius 3 is 2.45 bits per heavy atom. The Morgan fingerprint density at radius 2 is 1.85 bits per heavy atom. The van der Waals surface area contributed by atoms with E-state index in [9.17, 15) is 13.2 Å². The van der Waals surface area contributed by atoms with Gasteiger partial charge < -0.3 is 4.90 Å². The van der Waals surface area contributed by atoms with Gasteiger partial charge in [-0.3, -0.25) is 13.8 Å². The van der Waals surface area contributed by atoms with Crippen LogP contribution in [0.4, 0.5) is 5.69 Å². The summed E-state index contributed by atoms with van der Waals surface area (Å²) < 4.78 is 30.7. The number of carbonyl (C=O) groups excluding carboxylic acids is 1. The molecule has 1 aliphatic rings. The lowest BCUT2D eigenvalue weighted by molar-refractivity contribution is -0.135. The van der Waals surface area contributed by atoms with Gasteiger partial charge in [-0.2, -0.15) is 5.10 Å². The lowest BCUT2D eigenvalue weighted by Crippen LogP contribution is -2.50. The zero-order valence-electron chi connectivity index (χ0n) is 19.7. The quantitative estimate of drug-likeness (QED) is 0.502. The summed E-state index contributed by atoms with van der Waals surface area (Å²) in [7, 11) is -3.73. The molecule has 4 rings (SSSR count). The molecule has 3 aromatic rings. The molecule has 33 heavy (non-hydrogen) atoms. The number of carbonyl (C=O) groups is 1. The number of hydrogen-bond donors (Lipinski definition) is 0. The zero-order valence-corrected chi connectivity index (χ0v) is 20.5. The number of aryl methyl sites for hydroxylation is 1. The molecule has 7 nitrogen and oxygen atoms in total. The number of fused-ring (bicyclic) bond motifs is 1. The van der Waals surface area contributed by atoms with Crippen LogP contribution in [0.5, 0.6) is 0 Å². The van der Waals surface area contributed by atoms with Gasteiger partial charge in [0.05, 0.1) is 22.3 Å². The van der Waals surface area contributed by atoms with Crippen molar-refractivity contribution < 1.29 is 13.2 Å². The molecule has 0 atom stereocenters. The molecule has 0 saturated carbocycles. The molecule has 0 bridgehead atoms. The molecule has 1 aromatic heterocycles. The van der Waals surface area contributed by atoms with E-state index in [2.05, 4.69) is 12.0 Å². The Kier molecular flexibility index (Phi) is 6.47. The van der Waals surface area contributed by atoms with Crippen LogP contribution in [0, 0.1) is 11.8 Å². The van der Waals surface area contributed by atoms with Crippen molar-refractivity contribution in [2.45, 2.75) is 45.6 Å². The maximum atomic E-state index is 13.7. The van der Waals surface area contributed by atoms with Gasteiger partial charge in [-0.25, -0.2) is 8.42 Å². The van der Waals surface area contributed by atoms with Gasteiger partial charge >= 0.3 is 0 Å². The Hall–Kier alpha value is -2.87. The minimum absolute atomic E-state index is 0.0988. The monoisotopic (exact) mass is 468 g/mol. The second kappa shape index (κ2) is 9.17. The third kappa shape index (κ3) is 4.76. The van der Waals surface area contributed by atoms with Gasteiger partial charge in [-0.05, 0) is 48.2 Å². The van der Waals surface area contributed by atoms with Crippen LogP contribution in [-0.4, -0.2) is 48.6 Å². The van der Waals surface area contributed by atoms with Gasteiger partial charge in [0.15, 0.2) is 0 Å². The second-order valence-corrected chi connectivity index (χ2v) is 11.1. The lowest BCUT2D eigenvalue weighted by atomic mass is 10.0. The van der Waals surface area contributed by atoms with E-state index in [0.29, 0.717) is 24.7 Å². The first-order valence-corrected chi connectivity index (χ1v) is 13.0. The summed E-state index contributed by atoms with van der Waals surface area (Å²) >= 11 is 0. The number of aromatic nitrogens is 2. The highest BCUT2D eigenvalue weighted by Crippen LogP contribution is 2.28. The molecule has 8 heteroatoms. The van der Waals surface area contributed by atoms with E-state index in [0.717, 1.165) is 30.4 Å². The predicted octanol–water partition coefficient (Wildman–Crippen LogP) is 3.93. The average Bonchev–Trinajstić information content (AvgIpc) is 3.16. The van der Waals surface area contributed by atoms with E-state index in [1.54, 1.807) is 25.3 Å². The van der Waals surface area contributed by atoms with Crippen LogP contribution >= 0.6 is 0 Å². The summed E-state index contributed by atoms with van der Waals surface area (Å²) in [6.45, 7) is 10.3. The molecule has 0 spiro atoms. The summed E-state index contributed by atoms with van der Waals surface area (Å²) in [5.74, 6) is 0.642. The highest BCUT2D eigenvalue weighted by atomic mass is 32.2. The molecule has 176 valence electrons. The fourth-order valence-corrected chi connectivity index (χ4v) is 5.92. The van der Waals surface area contributed by atoms with Crippen molar-refractivity contribution in [2.75, 3.05) is 23.9 Å². The summed E-state index contributed by atoms with van der Waals surface area (Å²) in [6.07, 6.45) is 2.63. The van der Waals surface area contributed by atoms with Gasteiger partial charge in [0.1, 0.15) is 0 Å². The fraction of sp³-hybridized carbons (Fsp3) is 0.440. The number of benzene rings is 2. The highest BCUT2D eigenvalue weighted by molar-refractivity contribution is 7.92. The molecule has 1 aliphatic heterocycles. The van der Waals surface area contributed by atoms with E-state index >= 15 is 0 Å². The van der Waals surface area contributed by atoms with Crippen LogP contribution in [0.2, 0.25) is 0 Å². The Balaban J connectivity index is 1.61. The fourth-order valence-electron chi connectivity index (χ4n) is 4.26. The van der Waals surface area contributed by atoms with E-state index in [-0.39, 0.29) is 16.7 Å². The van der Waals surface area contributed by atoms with Gasteiger partial charge in [0.2, 0.25) is 5.91 Å². The molecular weight excluding hydrogens is 436 g/mol. The second-order valence-electron chi connectivity index (χ2n) is 9.29. The predicted molar refractivity (Wildman–Crippen MR) is 131 cm³/mol. The number of sulfonamides is 1. The number of nitrogens with zero attached hydrogens (tertiary/aromatic N) is 4. The van der Waals surface area contributed by atoms with Crippen molar-refractivity contribution in [3.05, 3.63) is 54.2 Å². The Bertz CT molecular complexity index is 1240. The van der Waals surface area contributed by atoms with E-state index < -0.39 is 10.0 Å². The normalized spacial score (nSPS) is 14.6. The van der Waals surface area contributed by atoms with Crippen molar-refractivity contribution in [1.82, 2.24) is 14.7 Å². The number of likely N-dealkylation sites (tertiary alicyclic amines) is 1. The summed E-state index contributed by atoms with van der Waals surface area (Å²) in [5, 5.41) is 5.28. The largest absolute Gasteiger partial charge is 0.342 e. The van der Waals surface area contributed by atoms with Gasteiger partial charge in [0, 0.05) is 44.4 Å². The van der Waals surface area contributed by atoms with Crippen LogP contribution in [0.1, 0.15) is 33.3 Å². The number of hydrogen-bond acceptors (Lipinski definition) is 4. The highest BCUT2D eigenvalue weighted by Gasteiger charge is 2.30. The SMILES string of the molecule is CCc1ccc(N(CC(C)C)S(=O)(=O)c2ccc3c(cnn3CC3CN(C(C)=O)C3)c2)cc1. The Morgan fingerprint density at radius 1 is 1.15 bits per heavy atom. The maximum absolute atomic E-state index is 13.7. The smallest absolute Gasteiger partial charge is 0.264 e. The Labute approximate surface area is 196 Å². The molecule has 0 unspecified atom stereocenters. The van der Waals surface area contributed by atoms with Crippen molar-refractivity contribution in [3.63, 3.8) is 0 Å². The molecule has 0 radical (unpaired) electrons. The van der Waals surface area contributed by atoms with Gasteiger partial charge in [0.25, 0.3) is 10.0 Å². The molecular formula is C25H32N4O3S. The zero-order chi connectivity index (χ0) is 23.8. The van der Waals surface area contributed by atoms with Crippen molar-refractivity contribution in [1.29, 1.82) is 0 Å². The lowest BCUT2D eigenvalue weighted by Gasteiger charge is -2.38. The first-order chi connectivity index (χ1) is 15.7. The van der Waals surface area contributed by atoms with E-state index in [1.165, 1.54) is 9.87 Å². The van der Waals surface area contributed by atoms with Crippen LogP contribution in [0.25, 0.3) is 10.9 Å². The average molecular weight is 469 g/mol. The molecule has 2 aromatic carbocycles. The topological polar surface area (TPSA) is 75.5 Å². The molecule has 1 saturated heterocycles. The van der Waals surface area contributed by atoms with Crippen molar-refractivity contribution in [3.8, 4) is 0 Å². The molecule has 1 amide bonds. The van der Waals surface area contributed by atoms with Gasteiger partial charge in [-0.1, -0.05) is 32.9 Å². The number of anilines is 1. The summed E-state index contributed by atoms with van der Waals surface area (Å²) in [6, 6.07) is 13.0. The molecule has 1 fully saturated rings. The van der Waals surface area contributed by atoms with Crippen LogP contribution in [-0.2, 0) is 27.8 Å². The van der Waals surface area contributed by atoms with E-state index in [4.69, 9.17) is 0 Å². The van der Waals surface area contributed by atoms with Crippen LogP contribution in [0.3, 0.4) is 0 Å². The summed E-state index contributed by atoms with van der Waals surface area (Å²) in [4.78, 5) is 13.5. The molecule has 2 heterocycles. The van der Waals surface area contributed by atoms with Crippen LogP contribution < -0.4 is 4.31 Å². The first-order valence-electron chi connectivity index (χ1n) is 11.5. The van der Waals surface area contributed by atoms with Crippen molar-refractivity contribution >= 4 is 32.5 Å².